The molecule has 0 fully saturated rings. The normalized spacial score (nSPS) is 11.0. The van der Waals surface area contributed by atoms with Gasteiger partial charge in [0.05, 0.1) is 12.5 Å². The van der Waals surface area contributed by atoms with Crippen LogP contribution >= 0.6 is 11.6 Å². The Morgan fingerprint density at radius 2 is 1.92 bits per heavy atom. The maximum atomic E-state index is 11.4. The number of aromatic nitrogens is 2. The van der Waals surface area contributed by atoms with E-state index in [2.05, 4.69) is 4.98 Å². The fourth-order valence-corrected chi connectivity index (χ4v) is 2.92. The van der Waals surface area contributed by atoms with Crippen LogP contribution in [0, 0.1) is 0 Å². The Hall–Kier alpha value is -3.05. The van der Waals surface area contributed by atoms with Crippen molar-refractivity contribution in [2.45, 2.75) is 0 Å². The summed E-state index contributed by atoms with van der Waals surface area (Å²) in [6.07, 6.45) is 4.94. The number of rotatable bonds is 3. The second kappa shape index (κ2) is 5.54. The van der Waals surface area contributed by atoms with Gasteiger partial charge in [0.25, 0.3) is 0 Å². The Balaban J connectivity index is 2.07. The number of carboxylic acid groups (broad SMARTS) is 1. The minimum absolute atomic E-state index is 0.0695. The third kappa shape index (κ3) is 2.26. The van der Waals surface area contributed by atoms with Gasteiger partial charge < -0.3 is 9.52 Å². The molecule has 0 saturated carbocycles. The summed E-state index contributed by atoms with van der Waals surface area (Å²) < 4.78 is 6.75. The van der Waals surface area contributed by atoms with Crippen molar-refractivity contribution < 1.29 is 14.3 Å². The Morgan fingerprint density at radius 3 is 2.58 bits per heavy atom. The molecule has 4 rings (SSSR count). The van der Waals surface area contributed by atoms with Crippen LogP contribution < -0.4 is 0 Å². The molecule has 0 aliphatic rings. The number of benzene rings is 1. The standard InChI is InChI=1S/C18H11ClN2O3/c19-16-15(18(22)23)20-17-14(12-6-7-24-10-12)8-13(9-21(16)17)11-4-2-1-3-5-11/h1-10H,(H,22,23). The average Bonchev–Trinajstić information content (AvgIpc) is 3.23. The van der Waals surface area contributed by atoms with Gasteiger partial charge in [-0.15, -0.1) is 0 Å². The van der Waals surface area contributed by atoms with Gasteiger partial charge in [0.1, 0.15) is 10.8 Å². The fraction of sp³-hybridized carbons (Fsp3) is 0. The van der Waals surface area contributed by atoms with Crippen LogP contribution in [0.4, 0.5) is 0 Å². The molecule has 0 saturated heterocycles. The smallest absolute Gasteiger partial charge is 0.357 e. The van der Waals surface area contributed by atoms with Crippen molar-refractivity contribution >= 4 is 23.2 Å². The largest absolute Gasteiger partial charge is 0.476 e. The molecule has 0 aliphatic heterocycles. The first-order valence-electron chi connectivity index (χ1n) is 7.18. The van der Waals surface area contributed by atoms with E-state index in [0.717, 1.165) is 22.3 Å². The van der Waals surface area contributed by atoms with E-state index < -0.39 is 5.97 Å². The highest BCUT2D eigenvalue weighted by Crippen LogP contribution is 2.33. The second-order valence-electron chi connectivity index (χ2n) is 5.27. The molecule has 24 heavy (non-hydrogen) atoms. The highest BCUT2D eigenvalue weighted by Gasteiger charge is 2.20. The Labute approximate surface area is 141 Å². The first-order chi connectivity index (χ1) is 11.6. The molecular formula is C18H11ClN2O3. The summed E-state index contributed by atoms with van der Waals surface area (Å²) >= 11 is 6.24. The van der Waals surface area contributed by atoms with Gasteiger partial charge in [0, 0.05) is 17.3 Å². The number of furan rings is 1. The van der Waals surface area contributed by atoms with Crippen LogP contribution in [0.15, 0.2) is 65.6 Å². The van der Waals surface area contributed by atoms with Crippen LogP contribution in [0.2, 0.25) is 5.15 Å². The Morgan fingerprint density at radius 1 is 1.12 bits per heavy atom. The maximum Gasteiger partial charge on any atom is 0.357 e. The quantitative estimate of drug-likeness (QED) is 0.592. The number of hydrogen-bond donors (Lipinski definition) is 1. The molecule has 0 bridgehead atoms. The van der Waals surface area contributed by atoms with Crippen molar-refractivity contribution in [2.24, 2.45) is 0 Å². The van der Waals surface area contributed by atoms with Gasteiger partial charge >= 0.3 is 5.97 Å². The molecule has 0 amide bonds. The highest BCUT2D eigenvalue weighted by atomic mass is 35.5. The van der Waals surface area contributed by atoms with E-state index in [0.29, 0.717) is 5.65 Å². The van der Waals surface area contributed by atoms with Crippen LogP contribution in [0.1, 0.15) is 10.5 Å². The number of aromatic carboxylic acids is 1. The molecule has 0 atom stereocenters. The van der Waals surface area contributed by atoms with Crippen molar-refractivity contribution in [3.05, 3.63) is 72.0 Å². The molecule has 6 heteroatoms. The monoisotopic (exact) mass is 338 g/mol. The summed E-state index contributed by atoms with van der Waals surface area (Å²) in [7, 11) is 0. The second-order valence-corrected chi connectivity index (χ2v) is 5.63. The fourth-order valence-electron chi connectivity index (χ4n) is 2.67. The lowest BCUT2D eigenvalue weighted by molar-refractivity contribution is 0.0691. The van der Waals surface area contributed by atoms with E-state index in [1.54, 1.807) is 29.2 Å². The van der Waals surface area contributed by atoms with Gasteiger partial charge in [-0.25, -0.2) is 9.78 Å². The number of hydrogen-bond acceptors (Lipinski definition) is 3. The van der Waals surface area contributed by atoms with Gasteiger partial charge in [0.2, 0.25) is 0 Å². The highest BCUT2D eigenvalue weighted by molar-refractivity contribution is 6.32. The first kappa shape index (κ1) is 14.5. The van der Waals surface area contributed by atoms with Crippen molar-refractivity contribution in [3.63, 3.8) is 0 Å². The zero-order valence-corrected chi connectivity index (χ0v) is 13.1. The summed E-state index contributed by atoms with van der Waals surface area (Å²) in [6.45, 7) is 0. The predicted molar refractivity (Wildman–Crippen MR) is 90.3 cm³/mol. The molecule has 0 aliphatic carbocycles. The average molecular weight is 339 g/mol. The summed E-state index contributed by atoms with van der Waals surface area (Å²) in [4.78, 5) is 15.6. The topological polar surface area (TPSA) is 67.7 Å². The van der Waals surface area contributed by atoms with Gasteiger partial charge in [-0.1, -0.05) is 41.9 Å². The Bertz CT molecular complexity index is 1040. The van der Waals surface area contributed by atoms with E-state index in [4.69, 9.17) is 16.0 Å². The lowest BCUT2D eigenvalue weighted by Gasteiger charge is -2.08. The van der Waals surface area contributed by atoms with Gasteiger partial charge in [-0.3, -0.25) is 4.40 Å². The molecule has 4 aromatic rings. The van der Waals surface area contributed by atoms with Gasteiger partial charge in [0.15, 0.2) is 5.69 Å². The summed E-state index contributed by atoms with van der Waals surface area (Å²) in [5.74, 6) is -1.16. The molecule has 1 aromatic carbocycles. The lowest BCUT2D eigenvalue weighted by Crippen LogP contribution is -1.96. The number of imidazole rings is 1. The molecule has 1 N–H and O–H groups in total. The van der Waals surface area contributed by atoms with Crippen LogP contribution in [0.5, 0.6) is 0 Å². The zero-order chi connectivity index (χ0) is 16.7. The predicted octanol–water partition coefficient (Wildman–Crippen LogP) is 4.61. The number of nitrogens with zero attached hydrogens (tertiary/aromatic N) is 2. The first-order valence-corrected chi connectivity index (χ1v) is 7.56. The van der Waals surface area contributed by atoms with Crippen LogP contribution in [0.25, 0.3) is 27.9 Å². The van der Waals surface area contributed by atoms with Crippen LogP contribution in [-0.2, 0) is 0 Å². The summed E-state index contributed by atoms with van der Waals surface area (Å²) in [5, 5.41) is 9.37. The minimum Gasteiger partial charge on any atom is -0.476 e. The van der Waals surface area contributed by atoms with E-state index in [1.165, 1.54) is 0 Å². The molecular weight excluding hydrogens is 328 g/mol. The summed E-state index contributed by atoms with van der Waals surface area (Å²) in [6, 6.07) is 13.5. The van der Waals surface area contributed by atoms with Crippen molar-refractivity contribution in [1.82, 2.24) is 9.38 Å². The third-order valence-corrected chi connectivity index (χ3v) is 4.16. The molecule has 3 aromatic heterocycles. The molecule has 3 heterocycles. The van der Waals surface area contributed by atoms with E-state index in [-0.39, 0.29) is 10.8 Å². The third-order valence-electron chi connectivity index (χ3n) is 3.80. The molecule has 0 unspecified atom stereocenters. The molecule has 0 spiro atoms. The van der Waals surface area contributed by atoms with Crippen LogP contribution in [-0.4, -0.2) is 20.5 Å². The molecule has 5 nitrogen and oxygen atoms in total. The maximum absolute atomic E-state index is 11.4. The molecule has 0 radical (unpaired) electrons. The minimum atomic E-state index is -1.16. The van der Waals surface area contributed by atoms with Crippen molar-refractivity contribution in [1.29, 1.82) is 0 Å². The van der Waals surface area contributed by atoms with Crippen LogP contribution in [0.3, 0.4) is 0 Å². The lowest BCUT2D eigenvalue weighted by atomic mass is 10.0. The number of pyridine rings is 1. The SMILES string of the molecule is O=C(O)c1nc2c(-c3ccoc3)cc(-c3ccccc3)cn2c1Cl. The van der Waals surface area contributed by atoms with E-state index in [1.807, 2.05) is 36.4 Å². The van der Waals surface area contributed by atoms with E-state index >= 15 is 0 Å². The number of carboxylic acids is 1. The number of fused-ring (bicyclic) bond motifs is 1. The zero-order valence-electron chi connectivity index (χ0n) is 12.3. The van der Waals surface area contributed by atoms with Gasteiger partial charge in [-0.05, 0) is 23.3 Å². The number of halogens is 1. The van der Waals surface area contributed by atoms with Crippen molar-refractivity contribution in [3.8, 4) is 22.3 Å². The van der Waals surface area contributed by atoms with Crippen molar-refractivity contribution in [2.75, 3.05) is 0 Å². The number of carbonyl (C=O) groups is 1. The van der Waals surface area contributed by atoms with E-state index in [9.17, 15) is 9.90 Å². The Kier molecular flexibility index (Phi) is 3.36. The summed E-state index contributed by atoms with van der Waals surface area (Å²) in [5.41, 5.74) is 3.74. The molecule has 118 valence electrons. The van der Waals surface area contributed by atoms with Gasteiger partial charge in [-0.2, -0.15) is 0 Å².